The number of thiophene rings is 1. The van der Waals surface area contributed by atoms with Gasteiger partial charge < -0.3 is 19.6 Å². The Morgan fingerprint density at radius 2 is 1.47 bits per heavy atom. The van der Waals surface area contributed by atoms with Crippen LogP contribution in [0, 0.1) is 33.6 Å². The molecule has 4 aromatic carbocycles. The quantitative estimate of drug-likeness (QED) is 0.163. The van der Waals surface area contributed by atoms with Crippen LogP contribution in [0.2, 0.25) is 0 Å². The largest absolute Gasteiger partial charge is 0.508 e. The number of piperidine rings is 1. The molecule has 320 valence electrons. The lowest BCUT2D eigenvalue weighted by molar-refractivity contribution is 0.201. The van der Waals surface area contributed by atoms with E-state index in [2.05, 4.69) is 130 Å². The average molecular weight is 846 g/mol. The van der Waals surface area contributed by atoms with E-state index in [9.17, 15) is 5.11 Å². The summed E-state index contributed by atoms with van der Waals surface area (Å²) in [5.41, 5.74) is 13.6. The maximum absolute atomic E-state index is 10.4. The Morgan fingerprint density at radius 1 is 0.758 bits per heavy atom. The van der Waals surface area contributed by atoms with Gasteiger partial charge in [-0.15, -0.1) is 21.5 Å². The zero-order valence-electron chi connectivity index (χ0n) is 37.1. The van der Waals surface area contributed by atoms with Crippen molar-refractivity contribution in [1.29, 1.82) is 0 Å². The second kappa shape index (κ2) is 16.7. The van der Waals surface area contributed by atoms with Crippen LogP contribution in [0.25, 0.3) is 5.00 Å². The number of piperazine rings is 1. The Balaban J connectivity index is 0.767. The third-order valence-corrected chi connectivity index (χ3v) is 15.6. The molecule has 3 aliphatic heterocycles. The molecule has 9 nitrogen and oxygen atoms in total. The molecule has 4 aliphatic rings. The van der Waals surface area contributed by atoms with E-state index in [1.165, 1.54) is 79.6 Å². The maximum atomic E-state index is 10.4. The van der Waals surface area contributed by atoms with E-state index in [-0.39, 0.29) is 12.0 Å². The monoisotopic (exact) mass is 845 g/mol. The molecule has 0 bridgehead atoms. The lowest BCUT2D eigenvalue weighted by atomic mass is 9.69. The highest BCUT2D eigenvalue weighted by Crippen LogP contribution is 2.50. The third kappa shape index (κ3) is 7.49. The molecule has 0 spiro atoms. The molecule has 2 aromatic heterocycles. The van der Waals surface area contributed by atoms with Crippen LogP contribution < -0.4 is 14.5 Å². The first-order chi connectivity index (χ1) is 30.1. The van der Waals surface area contributed by atoms with Crippen molar-refractivity contribution in [3.63, 3.8) is 0 Å². The molecule has 6 aromatic rings. The summed E-state index contributed by atoms with van der Waals surface area (Å²) in [4.78, 5) is 14.4. The van der Waals surface area contributed by atoms with E-state index in [1.54, 1.807) is 0 Å². The number of phenols is 1. The molecule has 5 heterocycles. The summed E-state index contributed by atoms with van der Waals surface area (Å²) in [5, 5.41) is 20.5. The van der Waals surface area contributed by atoms with Gasteiger partial charge in [-0.3, -0.25) is 14.5 Å². The third-order valence-electron chi connectivity index (χ3n) is 14.4. The zero-order valence-corrected chi connectivity index (χ0v) is 37.9. The van der Waals surface area contributed by atoms with Crippen molar-refractivity contribution < 1.29 is 9.84 Å². The van der Waals surface area contributed by atoms with Gasteiger partial charge in [-0.05, 0) is 125 Å². The summed E-state index contributed by atoms with van der Waals surface area (Å²) in [6.07, 6.45) is 4.42. The Kier molecular flexibility index (Phi) is 10.9. The fraction of sp³-hybridized carbons (Fsp3) is 0.404. The number of methoxy groups -OCH3 is 1. The molecule has 0 radical (unpaired) electrons. The van der Waals surface area contributed by atoms with E-state index >= 15 is 0 Å². The van der Waals surface area contributed by atoms with Gasteiger partial charge in [0.1, 0.15) is 28.4 Å². The smallest absolute Gasteiger partial charge is 0.162 e. The molecular formula is C52H59N7O2S. The van der Waals surface area contributed by atoms with Crippen LogP contribution in [-0.2, 0) is 6.42 Å². The molecular weight excluding hydrogens is 787 g/mol. The number of benzene rings is 4. The summed E-state index contributed by atoms with van der Waals surface area (Å²) < 4.78 is 8.42. The van der Waals surface area contributed by atoms with Crippen LogP contribution >= 0.6 is 11.3 Å². The molecule has 2 saturated heterocycles. The van der Waals surface area contributed by atoms with Crippen molar-refractivity contribution in [2.24, 2.45) is 10.9 Å². The van der Waals surface area contributed by atoms with Crippen LogP contribution in [0.5, 0.6) is 11.5 Å². The van der Waals surface area contributed by atoms with E-state index in [0.29, 0.717) is 17.6 Å². The number of aliphatic imine (C=N–C) groups is 1. The van der Waals surface area contributed by atoms with Gasteiger partial charge in [0.05, 0.1) is 12.8 Å². The predicted octanol–water partition coefficient (Wildman–Crippen LogP) is 10.1. The highest BCUT2D eigenvalue weighted by atomic mass is 32.1. The number of fused-ring (bicyclic) bond motifs is 4. The van der Waals surface area contributed by atoms with Gasteiger partial charge in [0.25, 0.3) is 0 Å². The number of hydrogen-bond donors (Lipinski definition) is 1. The normalized spacial score (nSPS) is 20.6. The summed E-state index contributed by atoms with van der Waals surface area (Å²) in [5.74, 6) is 4.30. The van der Waals surface area contributed by atoms with Crippen molar-refractivity contribution in [3.05, 3.63) is 146 Å². The summed E-state index contributed by atoms with van der Waals surface area (Å²) in [6.45, 7) is 18.3. The Hall–Kier alpha value is -5.45. The summed E-state index contributed by atoms with van der Waals surface area (Å²) >= 11 is 1.81. The molecule has 1 N–H and O–H groups in total. The molecule has 0 amide bonds. The minimum atomic E-state index is -0.0797. The van der Waals surface area contributed by atoms with Crippen LogP contribution in [0.1, 0.15) is 105 Å². The van der Waals surface area contributed by atoms with Crippen molar-refractivity contribution in [2.75, 3.05) is 62.7 Å². The number of phenolic OH excluding ortho intramolecular Hbond substituents is 1. The SMILES string of the molecule is COc1cc(N2CCN(CC3CCN(c4ccc(C5=N[C@@H](C)c6nnc(C)n6-c6sc(C)c(C)c65)cc4)CC3)CC2)ccc1[C@H]1c2ccc(O)cc2CC[C@H]1c1ccc(C)cc1. The van der Waals surface area contributed by atoms with Gasteiger partial charge in [-0.1, -0.05) is 54.1 Å². The molecule has 3 atom stereocenters. The second-order valence-electron chi connectivity index (χ2n) is 18.2. The number of rotatable bonds is 8. The number of ether oxygens (including phenoxy) is 1. The van der Waals surface area contributed by atoms with Crippen LogP contribution in [0.15, 0.2) is 89.9 Å². The summed E-state index contributed by atoms with van der Waals surface area (Å²) in [7, 11) is 1.81. The number of aromatic nitrogens is 3. The summed E-state index contributed by atoms with van der Waals surface area (Å²) in [6, 6.07) is 31.0. The van der Waals surface area contributed by atoms with Gasteiger partial charge in [-0.25, -0.2) is 0 Å². The van der Waals surface area contributed by atoms with Gasteiger partial charge in [0.15, 0.2) is 5.82 Å². The highest BCUT2D eigenvalue weighted by Gasteiger charge is 2.35. The van der Waals surface area contributed by atoms with Gasteiger partial charge in [0.2, 0.25) is 0 Å². The molecule has 2 fully saturated rings. The Bertz CT molecular complexity index is 2610. The zero-order chi connectivity index (χ0) is 42.6. The number of nitrogens with zero attached hydrogens (tertiary/aromatic N) is 7. The fourth-order valence-corrected chi connectivity index (χ4v) is 12.0. The van der Waals surface area contributed by atoms with E-state index < -0.39 is 0 Å². The highest BCUT2D eigenvalue weighted by molar-refractivity contribution is 7.15. The fourth-order valence-electron chi connectivity index (χ4n) is 10.8. The van der Waals surface area contributed by atoms with Gasteiger partial charge in [-0.2, -0.15) is 0 Å². The minimum Gasteiger partial charge on any atom is -0.508 e. The van der Waals surface area contributed by atoms with E-state index in [1.807, 2.05) is 37.5 Å². The number of anilines is 2. The first-order valence-electron chi connectivity index (χ1n) is 22.6. The molecule has 10 heteroatoms. The average Bonchev–Trinajstić information content (AvgIpc) is 3.78. The predicted molar refractivity (Wildman–Crippen MR) is 253 cm³/mol. The standard InChI is InChI=1S/C52H59N7O2S/c1-32-7-9-38(10-8-32)44-18-13-40-29-43(60)17-20-45(40)49(44)46-19-16-42(30-47(46)61-6)58-27-25-56(26-28-58)31-37-21-23-57(24-22-37)41-14-11-39(12-15-41)50-48-33(2)35(4)62-52(48)59-36(5)54-55-51(59)34(3)53-50/h7-12,14-17,19-20,29-30,34,37,44,49,60H,13,18,21-28,31H2,1-6H3/t34-,44-,49+/m0/s1. The lowest BCUT2D eigenvalue weighted by Gasteiger charge is -2.40. The van der Waals surface area contributed by atoms with Gasteiger partial charge in [0, 0.05) is 90.7 Å². The first kappa shape index (κ1) is 40.6. The molecule has 10 rings (SSSR count). The number of aromatic hydroxyl groups is 1. The molecule has 62 heavy (non-hydrogen) atoms. The second-order valence-corrected chi connectivity index (χ2v) is 19.4. The topological polar surface area (TPSA) is 82.2 Å². The Morgan fingerprint density at radius 3 is 2.21 bits per heavy atom. The lowest BCUT2D eigenvalue weighted by Crippen LogP contribution is -2.49. The van der Waals surface area contributed by atoms with E-state index in [4.69, 9.17) is 9.73 Å². The van der Waals surface area contributed by atoms with Crippen molar-refractivity contribution in [2.45, 2.75) is 78.2 Å². The van der Waals surface area contributed by atoms with Crippen LogP contribution in [0.4, 0.5) is 11.4 Å². The molecule has 0 unspecified atom stereocenters. The first-order valence-corrected chi connectivity index (χ1v) is 23.4. The van der Waals surface area contributed by atoms with Gasteiger partial charge >= 0.3 is 0 Å². The van der Waals surface area contributed by atoms with Crippen LogP contribution in [-0.4, -0.2) is 83.4 Å². The number of hydrogen-bond acceptors (Lipinski definition) is 9. The maximum Gasteiger partial charge on any atom is 0.162 e. The van der Waals surface area contributed by atoms with E-state index in [0.717, 1.165) is 80.8 Å². The minimum absolute atomic E-state index is 0.0797. The Labute approximate surface area is 370 Å². The van der Waals surface area contributed by atoms with Crippen molar-refractivity contribution in [1.82, 2.24) is 19.7 Å². The van der Waals surface area contributed by atoms with Crippen molar-refractivity contribution in [3.8, 4) is 16.5 Å². The van der Waals surface area contributed by atoms with Crippen molar-refractivity contribution >= 4 is 28.4 Å². The number of aryl methyl sites for hydroxylation is 4. The molecule has 0 saturated carbocycles. The van der Waals surface area contributed by atoms with Crippen LogP contribution in [0.3, 0.4) is 0 Å². The molecule has 1 aliphatic carbocycles.